The topological polar surface area (TPSA) is 83.3 Å². The molecule has 0 aliphatic carbocycles. The van der Waals surface area contributed by atoms with E-state index in [4.69, 9.17) is 14.2 Å². The summed E-state index contributed by atoms with van der Waals surface area (Å²) in [6.07, 6.45) is 3.23. The van der Waals surface area contributed by atoms with E-state index < -0.39 is 0 Å². The number of hydrogen-bond donors (Lipinski definition) is 1. The third-order valence-corrected chi connectivity index (χ3v) is 4.34. The number of aromatic nitrogens is 4. The van der Waals surface area contributed by atoms with Crippen LogP contribution in [0.15, 0.2) is 55.0 Å². The van der Waals surface area contributed by atoms with Crippen molar-refractivity contribution in [3.8, 4) is 22.9 Å². The van der Waals surface area contributed by atoms with E-state index in [1.807, 2.05) is 42.5 Å². The number of nitrogens with one attached hydrogen (secondary N) is 1. The van der Waals surface area contributed by atoms with Crippen LogP contribution in [-0.4, -0.2) is 41.1 Å². The van der Waals surface area contributed by atoms with Gasteiger partial charge in [0.15, 0.2) is 5.65 Å². The van der Waals surface area contributed by atoms with Crippen molar-refractivity contribution >= 4 is 22.5 Å². The molecule has 2 aromatic carbocycles. The van der Waals surface area contributed by atoms with Gasteiger partial charge in [0, 0.05) is 6.07 Å². The van der Waals surface area contributed by atoms with Gasteiger partial charge in [-0.05, 0) is 36.4 Å². The van der Waals surface area contributed by atoms with Crippen molar-refractivity contribution in [2.45, 2.75) is 0 Å². The molecule has 0 bridgehead atoms. The number of methoxy groups -OCH3 is 3. The molecule has 4 rings (SSSR count). The summed E-state index contributed by atoms with van der Waals surface area (Å²) >= 11 is 0. The molecule has 0 spiro atoms. The molecule has 2 aromatic heterocycles. The van der Waals surface area contributed by atoms with E-state index >= 15 is 0 Å². The lowest BCUT2D eigenvalue weighted by Gasteiger charge is -2.12. The van der Waals surface area contributed by atoms with Crippen LogP contribution in [0.1, 0.15) is 0 Å². The highest BCUT2D eigenvalue weighted by Gasteiger charge is 2.13. The van der Waals surface area contributed by atoms with Crippen LogP contribution in [-0.2, 0) is 0 Å². The minimum Gasteiger partial charge on any atom is -0.497 e. The van der Waals surface area contributed by atoms with Gasteiger partial charge in [-0.15, -0.1) is 0 Å². The summed E-state index contributed by atoms with van der Waals surface area (Å²) in [6, 6.07) is 13.1. The van der Waals surface area contributed by atoms with Crippen LogP contribution in [0, 0.1) is 0 Å². The predicted molar refractivity (Wildman–Crippen MR) is 106 cm³/mol. The first-order chi connectivity index (χ1) is 13.7. The van der Waals surface area contributed by atoms with Gasteiger partial charge in [0.05, 0.1) is 44.3 Å². The first-order valence-corrected chi connectivity index (χ1v) is 8.55. The number of anilines is 2. The van der Waals surface area contributed by atoms with E-state index in [2.05, 4.69) is 20.4 Å². The fraction of sp³-hybridized carbons (Fsp3) is 0.150. The molecular weight excluding hydrogens is 358 g/mol. The lowest BCUT2D eigenvalue weighted by molar-refractivity contribution is 0.405. The van der Waals surface area contributed by atoms with Gasteiger partial charge in [0.2, 0.25) is 0 Å². The van der Waals surface area contributed by atoms with E-state index in [0.29, 0.717) is 23.0 Å². The van der Waals surface area contributed by atoms with Crippen LogP contribution < -0.4 is 19.5 Å². The number of rotatable bonds is 6. The molecule has 0 radical (unpaired) electrons. The van der Waals surface area contributed by atoms with Crippen molar-refractivity contribution in [3.63, 3.8) is 0 Å². The second-order valence-electron chi connectivity index (χ2n) is 5.91. The smallest absolute Gasteiger partial charge is 0.168 e. The molecule has 142 valence electrons. The van der Waals surface area contributed by atoms with Gasteiger partial charge in [0.1, 0.15) is 29.4 Å². The summed E-state index contributed by atoms with van der Waals surface area (Å²) in [5.41, 5.74) is 2.29. The molecule has 0 unspecified atom stereocenters. The second kappa shape index (κ2) is 7.43. The Morgan fingerprint density at radius 3 is 2.32 bits per heavy atom. The maximum Gasteiger partial charge on any atom is 0.168 e. The van der Waals surface area contributed by atoms with Gasteiger partial charge in [0.25, 0.3) is 0 Å². The first kappa shape index (κ1) is 17.6. The quantitative estimate of drug-likeness (QED) is 0.550. The molecule has 0 amide bonds. The zero-order valence-corrected chi connectivity index (χ0v) is 15.7. The summed E-state index contributed by atoms with van der Waals surface area (Å²) in [7, 11) is 4.87. The average Bonchev–Trinajstić information content (AvgIpc) is 3.19. The lowest BCUT2D eigenvalue weighted by Crippen LogP contribution is -2.00. The highest BCUT2D eigenvalue weighted by molar-refractivity contribution is 5.89. The Morgan fingerprint density at radius 2 is 1.61 bits per heavy atom. The number of hydrogen-bond acceptors (Lipinski definition) is 7. The fourth-order valence-electron chi connectivity index (χ4n) is 2.90. The first-order valence-electron chi connectivity index (χ1n) is 8.55. The average molecular weight is 377 g/mol. The number of nitrogens with zero attached hydrogens (tertiary/aromatic N) is 4. The van der Waals surface area contributed by atoms with Crippen molar-refractivity contribution in [2.75, 3.05) is 26.6 Å². The normalized spacial score (nSPS) is 10.7. The molecule has 2 heterocycles. The molecule has 8 nitrogen and oxygen atoms in total. The van der Waals surface area contributed by atoms with Crippen LogP contribution in [0.5, 0.6) is 17.2 Å². The van der Waals surface area contributed by atoms with Crippen LogP contribution in [0.2, 0.25) is 0 Å². The van der Waals surface area contributed by atoms with E-state index in [1.54, 1.807) is 32.2 Å². The molecule has 4 aromatic rings. The summed E-state index contributed by atoms with van der Waals surface area (Å²) in [5, 5.41) is 8.55. The monoisotopic (exact) mass is 377 g/mol. The SMILES string of the molecule is COc1ccc(-n2ncc3c(Nc4cc(OC)ccc4OC)ncnc32)cc1. The Labute approximate surface area is 161 Å². The highest BCUT2D eigenvalue weighted by Crippen LogP contribution is 2.33. The molecule has 0 aliphatic rings. The maximum atomic E-state index is 5.43. The van der Waals surface area contributed by atoms with Gasteiger partial charge >= 0.3 is 0 Å². The molecule has 8 heteroatoms. The lowest BCUT2D eigenvalue weighted by atomic mass is 10.2. The second-order valence-corrected chi connectivity index (χ2v) is 5.91. The minimum atomic E-state index is 0.622. The van der Waals surface area contributed by atoms with E-state index in [0.717, 1.165) is 22.5 Å². The van der Waals surface area contributed by atoms with Crippen molar-refractivity contribution in [2.24, 2.45) is 0 Å². The Bertz CT molecular complexity index is 1110. The summed E-state index contributed by atoms with van der Waals surface area (Å²) in [4.78, 5) is 8.78. The standard InChI is InChI=1S/C20H19N5O3/c1-26-14-6-4-13(5-7-14)25-20-16(11-23-25)19(21-12-22-20)24-17-10-15(27-2)8-9-18(17)28-3/h4-12H,1-3H3,(H,21,22,24). The van der Waals surface area contributed by atoms with E-state index in [9.17, 15) is 0 Å². The fourth-order valence-corrected chi connectivity index (χ4v) is 2.90. The number of ether oxygens (including phenoxy) is 3. The van der Waals surface area contributed by atoms with Crippen molar-refractivity contribution in [3.05, 3.63) is 55.0 Å². The van der Waals surface area contributed by atoms with Crippen LogP contribution in [0.25, 0.3) is 16.7 Å². The predicted octanol–water partition coefficient (Wildman–Crippen LogP) is 3.58. The van der Waals surface area contributed by atoms with Crippen molar-refractivity contribution < 1.29 is 14.2 Å². The highest BCUT2D eigenvalue weighted by atomic mass is 16.5. The molecule has 0 atom stereocenters. The van der Waals surface area contributed by atoms with Gasteiger partial charge in [-0.1, -0.05) is 0 Å². The Hall–Kier alpha value is -3.81. The number of fused-ring (bicyclic) bond motifs is 1. The third kappa shape index (κ3) is 3.16. The van der Waals surface area contributed by atoms with Gasteiger partial charge in [-0.25, -0.2) is 14.6 Å². The van der Waals surface area contributed by atoms with Crippen LogP contribution >= 0.6 is 0 Å². The Kier molecular flexibility index (Phi) is 4.67. The van der Waals surface area contributed by atoms with Gasteiger partial charge in [-0.3, -0.25) is 0 Å². The van der Waals surface area contributed by atoms with Crippen LogP contribution in [0.3, 0.4) is 0 Å². The molecule has 1 N–H and O–H groups in total. The molecule has 0 saturated heterocycles. The summed E-state index contributed by atoms with van der Waals surface area (Å²) in [6.45, 7) is 0. The van der Waals surface area contributed by atoms with Crippen molar-refractivity contribution in [1.82, 2.24) is 19.7 Å². The number of benzene rings is 2. The minimum absolute atomic E-state index is 0.622. The zero-order valence-electron chi connectivity index (χ0n) is 15.7. The maximum absolute atomic E-state index is 5.43. The third-order valence-electron chi connectivity index (χ3n) is 4.34. The Balaban J connectivity index is 1.75. The van der Waals surface area contributed by atoms with Crippen LogP contribution in [0.4, 0.5) is 11.5 Å². The zero-order chi connectivity index (χ0) is 19.5. The van der Waals surface area contributed by atoms with E-state index in [-0.39, 0.29) is 0 Å². The van der Waals surface area contributed by atoms with E-state index in [1.165, 1.54) is 6.33 Å². The molecule has 0 fully saturated rings. The van der Waals surface area contributed by atoms with Gasteiger partial charge in [-0.2, -0.15) is 5.10 Å². The molecular formula is C20H19N5O3. The summed E-state index contributed by atoms with van der Waals surface area (Å²) in [5.74, 6) is 2.79. The molecule has 0 saturated carbocycles. The van der Waals surface area contributed by atoms with Gasteiger partial charge < -0.3 is 19.5 Å². The largest absolute Gasteiger partial charge is 0.497 e. The summed E-state index contributed by atoms with van der Waals surface area (Å²) < 4.78 is 17.7. The molecule has 28 heavy (non-hydrogen) atoms. The Morgan fingerprint density at radius 1 is 0.857 bits per heavy atom. The van der Waals surface area contributed by atoms with Crippen molar-refractivity contribution in [1.29, 1.82) is 0 Å². The molecule has 0 aliphatic heterocycles.